The molecular formula is C17H18F3N3O. The first-order valence-corrected chi connectivity index (χ1v) is 7.74. The van der Waals surface area contributed by atoms with E-state index in [0.29, 0.717) is 13.1 Å². The molecule has 128 valence electrons. The number of aromatic nitrogens is 2. The maximum Gasteiger partial charge on any atom is 0.434 e. The molecule has 4 nitrogen and oxygen atoms in total. The molecule has 1 atom stereocenters. The van der Waals surface area contributed by atoms with Crippen LogP contribution in [-0.4, -0.2) is 26.9 Å². The van der Waals surface area contributed by atoms with Gasteiger partial charge in [-0.3, -0.25) is 4.79 Å². The van der Waals surface area contributed by atoms with Crippen LogP contribution < -0.4 is 0 Å². The predicted molar refractivity (Wildman–Crippen MR) is 82.2 cm³/mol. The Kier molecular flexibility index (Phi) is 4.11. The van der Waals surface area contributed by atoms with Crippen LogP contribution in [0, 0.1) is 6.92 Å². The number of hydrogen-bond acceptors (Lipinski definition) is 2. The second-order valence-electron chi connectivity index (χ2n) is 6.13. The topological polar surface area (TPSA) is 38.1 Å². The molecule has 1 aromatic carbocycles. The van der Waals surface area contributed by atoms with Gasteiger partial charge in [-0.2, -0.15) is 13.2 Å². The van der Waals surface area contributed by atoms with Crippen molar-refractivity contribution in [2.45, 2.75) is 39.0 Å². The molecule has 0 N–H and O–H groups in total. The number of nitrogens with zero attached hydrogens (tertiary/aromatic N) is 3. The summed E-state index contributed by atoms with van der Waals surface area (Å²) in [5.74, 6) is -0.158. The van der Waals surface area contributed by atoms with Crippen molar-refractivity contribution in [3.8, 4) is 0 Å². The van der Waals surface area contributed by atoms with E-state index in [1.165, 1.54) is 4.57 Å². The maximum absolute atomic E-state index is 12.8. The summed E-state index contributed by atoms with van der Waals surface area (Å²) in [4.78, 5) is 17.9. The molecule has 0 saturated heterocycles. The number of carbonyl (C=O) groups excluding carboxylic acids is 1. The van der Waals surface area contributed by atoms with Crippen LogP contribution in [0.2, 0.25) is 0 Å². The summed E-state index contributed by atoms with van der Waals surface area (Å²) in [6.45, 7) is 4.60. The van der Waals surface area contributed by atoms with E-state index >= 15 is 0 Å². The Morgan fingerprint density at radius 2 is 1.88 bits per heavy atom. The summed E-state index contributed by atoms with van der Waals surface area (Å²) in [5.41, 5.74) is 1.10. The van der Waals surface area contributed by atoms with Crippen molar-refractivity contribution in [1.82, 2.24) is 14.5 Å². The largest absolute Gasteiger partial charge is 0.434 e. The number of carbonyl (C=O) groups is 1. The van der Waals surface area contributed by atoms with Gasteiger partial charge in [0.05, 0.1) is 12.5 Å². The van der Waals surface area contributed by atoms with E-state index in [2.05, 4.69) is 4.98 Å². The number of imidazole rings is 1. The summed E-state index contributed by atoms with van der Waals surface area (Å²) in [6, 6.07) is 7.70. The summed E-state index contributed by atoms with van der Waals surface area (Å²) in [6.07, 6.45) is -3.45. The minimum atomic E-state index is -4.46. The summed E-state index contributed by atoms with van der Waals surface area (Å²) in [7, 11) is 0. The lowest BCUT2D eigenvalue weighted by atomic mass is 9.98. The van der Waals surface area contributed by atoms with E-state index in [1.54, 1.807) is 4.90 Å². The summed E-state index contributed by atoms with van der Waals surface area (Å²) < 4.78 is 39.7. The van der Waals surface area contributed by atoms with E-state index < -0.39 is 11.9 Å². The molecule has 1 unspecified atom stereocenters. The van der Waals surface area contributed by atoms with Crippen LogP contribution in [0.4, 0.5) is 13.2 Å². The summed E-state index contributed by atoms with van der Waals surface area (Å²) in [5, 5.41) is 0. The Bertz CT molecular complexity index is 749. The molecule has 0 fully saturated rings. The molecule has 1 aliphatic rings. The van der Waals surface area contributed by atoms with E-state index in [-0.39, 0.29) is 24.2 Å². The quantitative estimate of drug-likeness (QED) is 0.843. The minimum absolute atomic E-state index is 0.0957. The number of rotatable bonds is 2. The Labute approximate surface area is 137 Å². The van der Waals surface area contributed by atoms with Crippen molar-refractivity contribution in [2.24, 2.45) is 0 Å². The zero-order valence-electron chi connectivity index (χ0n) is 13.5. The molecule has 2 heterocycles. The molecule has 2 aromatic rings. The van der Waals surface area contributed by atoms with Gasteiger partial charge in [0.25, 0.3) is 0 Å². The number of hydrogen-bond donors (Lipinski definition) is 0. The number of halogens is 3. The van der Waals surface area contributed by atoms with Gasteiger partial charge in [-0.15, -0.1) is 0 Å². The third-order valence-corrected chi connectivity index (χ3v) is 4.35. The van der Waals surface area contributed by atoms with Crippen LogP contribution in [0.25, 0.3) is 0 Å². The van der Waals surface area contributed by atoms with Gasteiger partial charge in [0.15, 0.2) is 5.69 Å². The Hall–Kier alpha value is -2.31. The fraction of sp³-hybridized carbons (Fsp3) is 0.412. The smallest absolute Gasteiger partial charge is 0.333 e. The predicted octanol–water partition coefficient (Wildman–Crippen LogP) is 3.36. The van der Waals surface area contributed by atoms with Crippen molar-refractivity contribution in [1.29, 1.82) is 0 Å². The molecule has 3 rings (SSSR count). The molecule has 7 heteroatoms. The zero-order valence-corrected chi connectivity index (χ0v) is 13.5. The van der Waals surface area contributed by atoms with Crippen LogP contribution in [0.3, 0.4) is 0 Å². The van der Waals surface area contributed by atoms with Gasteiger partial charge in [-0.05, 0) is 19.4 Å². The monoisotopic (exact) mass is 337 g/mol. The van der Waals surface area contributed by atoms with Crippen molar-refractivity contribution in [3.05, 3.63) is 53.1 Å². The van der Waals surface area contributed by atoms with E-state index in [4.69, 9.17) is 0 Å². The first kappa shape index (κ1) is 16.5. The van der Waals surface area contributed by atoms with Crippen LogP contribution >= 0.6 is 0 Å². The first-order chi connectivity index (χ1) is 11.3. The van der Waals surface area contributed by atoms with Gasteiger partial charge < -0.3 is 9.47 Å². The van der Waals surface area contributed by atoms with Crippen molar-refractivity contribution in [3.63, 3.8) is 0 Å². The SMILES string of the molecule is Cc1ccc(C(C)C(=O)N2CCn3cc(C(F)(F)F)nc3C2)cc1. The summed E-state index contributed by atoms with van der Waals surface area (Å²) >= 11 is 0. The Morgan fingerprint density at radius 1 is 1.21 bits per heavy atom. The molecular weight excluding hydrogens is 319 g/mol. The number of benzene rings is 1. The molecule has 1 amide bonds. The van der Waals surface area contributed by atoms with Gasteiger partial charge in [-0.25, -0.2) is 4.98 Å². The highest BCUT2D eigenvalue weighted by Gasteiger charge is 2.36. The van der Waals surface area contributed by atoms with Crippen molar-refractivity contribution >= 4 is 5.91 Å². The van der Waals surface area contributed by atoms with E-state index in [9.17, 15) is 18.0 Å². The van der Waals surface area contributed by atoms with Crippen LogP contribution in [-0.2, 0) is 24.1 Å². The zero-order chi connectivity index (χ0) is 17.5. The number of amides is 1. The average molecular weight is 337 g/mol. The van der Waals surface area contributed by atoms with E-state index in [1.807, 2.05) is 38.1 Å². The molecule has 0 aliphatic carbocycles. The first-order valence-electron chi connectivity index (χ1n) is 7.74. The van der Waals surface area contributed by atoms with Crippen molar-refractivity contribution in [2.75, 3.05) is 6.54 Å². The Morgan fingerprint density at radius 3 is 2.50 bits per heavy atom. The minimum Gasteiger partial charge on any atom is -0.333 e. The molecule has 0 saturated carbocycles. The molecule has 0 radical (unpaired) electrons. The molecule has 24 heavy (non-hydrogen) atoms. The average Bonchev–Trinajstić information content (AvgIpc) is 2.97. The maximum atomic E-state index is 12.8. The van der Waals surface area contributed by atoms with Crippen molar-refractivity contribution < 1.29 is 18.0 Å². The van der Waals surface area contributed by atoms with Gasteiger partial charge in [0.1, 0.15) is 5.82 Å². The normalized spacial score (nSPS) is 16.0. The number of aryl methyl sites for hydroxylation is 1. The fourth-order valence-corrected chi connectivity index (χ4v) is 2.85. The Balaban J connectivity index is 1.76. The van der Waals surface area contributed by atoms with Gasteiger partial charge in [-0.1, -0.05) is 29.8 Å². The van der Waals surface area contributed by atoms with Crippen LogP contribution in [0.15, 0.2) is 30.5 Å². The third kappa shape index (κ3) is 3.16. The van der Waals surface area contributed by atoms with Gasteiger partial charge in [0, 0.05) is 19.3 Å². The highest BCUT2D eigenvalue weighted by atomic mass is 19.4. The second kappa shape index (κ2) is 5.96. The lowest BCUT2D eigenvalue weighted by molar-refractivity contribution is -0.141. The fourth-order valence-electron chi connectivity index (χ4n) is 2.85. The molecule has 1 aromatic heterocycles. The third-order valence-electron chi connectivity index (χ3n) is 4.35. The highest BCUT2D eigenvalue weighted by molar-refractivity contribution is 5.83. The van der Waals surface area contributed by atoms with Crippen LogP contribution in [0.1, 0.15) is 35.5 Å². The standard InChI is InChI=1S/C17H18F3N3O/c1-11-3-5-13(6-4-11)12(2)16(24)23-8-7-22-9-14(17(18,19)20)21-15(22)10-23/h3-6,9,12H,7-8,10H2,1-2H3. The molecule has 1 aliphatic heterocycles. The molecule has 0 spiro atoms. The number of fused-ring (bicyclic) bond motifs is 1. The second-order valence-corrected chi connectivity index (χ2v) is 6.13. The lowest BCUT2D eigenvalue weighted by Gasteiger charge is -2.30. The number of alkyl halides is 3. The highest BCUT2D eigenvalue weighted by Crippen LogP contribution is 2.30. The molecule has 0 bridgehead atoms. The van der Waals surface area contributed by atoms with E-state index in [0.717, 1.165) is 17.3 Å². The van der Waals surface area contributed by atoms with Crippen LogP contribution in [0.5, 0.6) is 0 Å². The van der Waals surface area contributed by atoms with Gasteiger partial charge in [0.2, 0.25) is 5.91 Å². The lowest BCUT2D eigenvalue weighted by Crippen LogP contribution is -2.40. The van der Waals surface area contributed by atoms with Gasteiger partial charge >= 0.3 is 6.18 Å².